The van der Waals surface area contributed by atoms with Crippen LogP contribution in [-0.2, 0) is 32.6 Å². The van der Waals surface area contributed by atoms with Gasteiger partial charge in [-0.05, 0) is 61.2 Å². The fraction of sp³-hybridized carbons (Fsp3) is 0.333. The Labute approximate surface area is 236 Å². The molecule has 208 valence electrons. The molecule has 0 aliphatic rings. The first-order valence-corrected chi connectivity index (χ1v) is 14.7. The summed E-state index contributed by atoms with van der Waals surface area (Å²) in [7, 11) is -2.61. The molecule has 0 saturated carbocycles. The Bertz CT molecular complexity index is 1360. The van der Waals surface area contributed by atoms with E-state index in [1.54, 1.807) is 0 Å². The molecule has 2 atom stereocenters. The van der Waals surface area contributed by atoms with Gasteiger partial charge in [-0.2, -0.15) is 4.31 Å². The lowest BCUT2D eigenvalue weighted by Gasteiger charge is -2.33. The molecule has 0 heterocycles. The average molecular weight is 570 g/mol. The van der Waals surface area contributed by atoms with Crippen molar-refractivity contribution < 1.29 is 18.0 Å². The molecule has 9 heteroatoms. The Morgan fingerprint density at radius 2 is 1.56 bits per heavy atom. The summed E-state index contributed by atoms with van der Waals surface area (Å²) in [4.78, 5) is 29.1. The molecule has 0 spiro atoms. The lowest BCUT2D eigenvalue weighted by Crippen LogP contribution is -2.54. The molecule has 7 nitrogen and oxygen atoms in total. The zero-order chi connectivity index (χ0) is 28.6. The van der Waals surface area contributed by atoms with Crippen LogP contribution in [0, 0.1) is 6.92 Å². The zero-order valence-corrected chi connectivity index (χ0v) is 24.4. The number of halogens is 1. The molecule has 0 aliphatic heterocycles. The van der Waals surface area contributed by atoms with E-state index < -0.39 is 28.5 Å². The molecular weight excluding hydrogens is 534 g/mol. The third kappa shape index (κ3) is 8.14. The van der Waals surface area contributed by atoms with Crippen LogP contribution >= 0.6 is 11.6 Å². The number of amides is 2. The van der Waals surface area contributed by atoms with Crippen LogP contribution in [0.15, 0.2) is 83.8 Å². The van der Waals surface area contributed by atoms with Crippen molar-refractivity contribution in [2.75, 3.05) is 13.6 Å². The number of carbonyl (C=O) groups is 2. The second-order valence-corrected chi connectivity index (χ2v) is 12.2. The summed E-state index contributed by atoms with van der Waals surface area (Å²) in [6.45, 7) is 5.56. The number of nitrogens with zero attached hydrogens (tertiary/aromatic N) is 2. The quantitative estimate of drug-likeness (QED) is 0.339. The Kier molecular flexibility index (Phi) is 10.7. The fourth-order valence-electron chi connectivity index (χ4n) is 4.12. The van der Waals surface area contributed by atoms with Crippen molar-refractivity contribution in [1.29, 1.82) is 0 Å². The van der Waals surface area contributed by atoms with Gasteiger partial charge in [0.2, 0.25) is 21.8 Å². The predicted molar refractivity (Wildman–Crippen MR) is 155 cm³/mol. The van der Waals surface area contributed by atoms with Crippen molar-refractivity contribution in [3.8, 4) is 0 Å². The van der Waals surface area contributed by atoms with E-state index in [9.17, 15) is 18.0 Å². The number of hydrogen-bond donors (Lipinski definition) is 1. The fourth-order valence-corrected chi connectivity index (χ4v) is 5.37. The van der Waals surface area contributed by atoms with Gasteiger partial charge in [0.25, 0.3) is 0 Å². The molecule has 0 unspecified atom stereocenters. The summed E-state index contributed by atoms with van der Waals surface area (Å²) in [6, 6.07) is 22.0. The van der Waals surface area contributed by atoms with Crippen LogP contribution in [0.3, 0.4) is 0 Å². The second kappa shape index (κ2) is 13.7. The van der Waals surface area contributed by atoms with E-state index in [1.165, 1.54) is 36.2 Å². The lowest BCUT2D eigenvalue weighted by atomic mass is 10.0. The minimum Gasteiger partial charge on any atom is -0.352 e. The number of rotatable bonds is 12. The van der Waals surface area contributed by atoms with Crippen molar-refractivity contribution in [2.45, 2.75) is 57.1 Å². The van der Waals surface area contributed by atoms with Crippen LogP contribution < -0.4 is 5.32 Å². The van der Waals surface area contributed by atoms with Crippen LogP contribution in [0.1, 0.15) is 37.0 Å². The van der Waals surface area contributed by atoms with E-state index in [0.29, 0.717) is 5.02 Å². The minimum atomic E-state index is -3.97. The molecule has 2 amide bonds. The van der Waals surface area contributed by atoms with Crippen LogP contribution in [-0.4, -0.2) is 55.1 Å². The maximum Gasteiger partial charge on any atom is 0.243 e. The van der Waals surface area contributed by atoms with Crippen LogP contribution in [0.25, 0.3) is 0 Å². The summed E-state index contributed by atoms with van der Waals surface area (Å²) in [6.07, 6.45) is 1.02. The molecule has 0 aliphatic carbocycles. The van der Waals surface area contributed by atoms with Crippen molar-refractivity contribution in [3.05, 3.63) is 101 Å². The summed E-state index contributed by atoms with van der Waals surface area (Å²) < 4.78 is 27.5. The third-order valence-corrected chi connectivity index (χ3v) is 8.82. The largest absolute Gasteiger partial charge is 0.352 e. The number of nitrogens with one attached hydrogen (secondary N) is 1. The lowest BCUT2D eigenvalue weighted by molar-refractivity contribution is -0.141. The maximum atomic E-state index is 13.9. The maximum absolute atomic E-state index is 13.9. The SMILES string of the molecule is CC[C@@H](C)NC(=O)[C@@H](Cc1ccccc1)N(Cc1ccccc1C)C(=O)CN(C)S(=O)(=O)c1ccc(Cl)cc1. The van der Waals surface area contributed by atoms with Gasteiger partial charge in [0, 0.05) is 31.1 Å². The molecule has 0 saturated heterocycles. The number of aryl methyl sites for hydroxylation is 1. The van der Waals surface area contributed by atoms with E-state index in [1.807, 2.05) is 75.4 Å². The van der Waals surface area contributed by atoms with Gasteiger partial charge in [-0.3, -0.25) is 9.59 Å². The van der Waals surface area contributed by atoms with E-state index in [2.05, 4.69) is 5.32 Å². The van der Waals surface area contributed by atoms with Gasteiger partial charge in [-0.1, -0.05) is 73.1 Å². The summed E-state index contributed by atoms with van der Waals surface area (Å²) in [5.74, 6) is -0.753. The topological polar surface area (TPSA) is 86.8 Å². The highest BCUT2D eigenvalue weighted by atomic mass is 35.5. The molecule has 3 rings (SSSR count). The van der Waals surface area contributed by atoms with Gasteiger partial charge in [-0.25, -0.2) is 8.42 Å². The Morgan fingerprint density at radius 3 is 2.18 bits per heavy atom. The van der Waals surface area contributed by atoms with Crippen molar-refractivity contribution >= 4 is 33.4 Å². The van der Waals surface area contributed by atoms with Crippen LogP contribution in [0.5, 0.6) is 0 Å². The molecular formula is C30H36ClN3O4S. The van der Waals surface area contributed by atoms with Crippen molar-refractivity contribution in [1.82, 2.24) is 14.5 Å². The summed E-state index contributed by atoms with van der Waals surface area (Å²) in [5, 5.41) is 3.43. The van der Waals surface area contributed by atoms with Gasteiger partial charge < -0.3 is 10.2 Å². The van der Waals surface area contributed by atoms with E-state index in [4.69, 9.17) is 11.6 Å². The highest BCUT2D eigenvalue weighted by molar-refractivity contribution is 7.89. The highest BCUT2D eigenvalue weighted by Crippen LogP contribution is 2.20. The van der Waals surface area contributed by atoms with Crippen LogP contribution in [0.2, 0.25) is 5.02 Å². The molecule has 0 aromatic heterocycles. The third-order valence-electron chi connectivity index (χ3n) is 6.75. The molecule has 0 bridgehead atoms. The Hall–Kier alpha value is -3.20. The van der Waals surface area contributed by atoms with Crippen molar-refractivity contribution in [2.24, 2.45) is 0 Å². The van der Waals surface area contributed by atoms with Crippen molar-refractivity contribution in [3.63, 3.8) is 0 Å². The second-order valence-electron chi connectivity index (χ2n) is 9.69. The van der Waals surface area contributed by atoms with Gasteiger partial charge in [0.05, 0.1) is 11.4 Å². The van der Waals surface area contributed by atoms with Gasteiger partial charge >= 0.3 is 0 Å². The van der Waals surface area contributed by atoms with E-state index in [-0.39, 0.29) is 29.8 Å². The van der Waals surface area contributed by atoms with Crippen LogP contribution in [0.4, 0.5) is 0 Å². The van der Waals surface area contributed by atoms with Gasteiger partial charge in [-0.15, -0.1) is 0 Å². The molecule has 1 N–H and O–H groups in total. The molecule has 0 fully saturated rings. The zero-order valence-electron chi connectivity index (χ0n) is 22.8. The average Bonchev–Trinajstić information content (AvgIpc) is 2.92. The molecule has 0 radical (unpaired) electrons. The summed E-state index contributed by atoms with van der Waals surface area (Å²) in [5.41, 5.74) is 2.74. The van der Waals surface area contributed by atoms with E-state index in [0.717, 1.165) is 27.4 Å². The first-order chi connectivity index (χ1) is 18.5. The molecule has 39 heavy (non-hydrogen) atoms. The first-order valence-electron chi connectivity index (χ1n) is 12.9. The monoisotopic (exact) mass is 569 g/mol. The highest BCUT2D eigenvalue weighted by Gasteiger charge is 2.33. The molecule has 3 aromatic rings. The van der Waals surface area contributed by atoms with E-state index >= 15 is 0 Å². The standard InChI is InChI=1S/C30H36ClN3O4S/c1-5-23(3)32-30(36)28(19-24-12-7-6-8-13-24)34(20-25-14-10-9-11-22(25)2)29(35)21-33(4)39(37,38)27-17-15-26(31)16-18-27/h6-18,23,28H,5,19-21H2,1-4H3,(H,32,36)/t23-,28-/m1/s1. The minimum absolute atomic E-state index is 0.0306. The Balaban J connectivity index is 1.99. The van der Waals surface area contributed by atoms with Gasteiger partial charge in [0.1, 0.15) is 6.04 Å². The smallest absolute Gasteiger partial charge is 0.243 e. The predicted octanol–water partition coefficient (Wildman–Crippen LogP) is 4.82. The summed E-state index contributed by atoms with van der Waals surface area (Å²) >= 11 is 5.93. The number of sulfonamides is 1. The van der Waals surface area contributed by atoms with Gasteiger partial charge in [0.15, 0.2) is 0 Å². The Morgan fingerprint density at radius 1 is 0.949 bits per heavy atom. The molecule has 3 aromatic carbocycles. The normalized spacial score (nSPS) is 13.1. The number of hydrogen-bond acceptors (Lipinski definition) is 4. The number of benzene rings is 3. The number of likely N-dealkylation sites (N-methyl/N-ethyl adjacent to an activating group) is 1. The number of carbonyl (C=O) groups excluding carboxylic acids is 2. The first kappa shape index (κ1) is 30.3.